The second kappa shape index (κ2) is 5.91. The number of para-hydroxylation sites is 1. The SMILES string of the molecule is Cc1nc2ccc(NC(C)C(=O)N3CCc4ccccc43)cc2s1. The predicted molar refractivity (Wildman–Crippen MR) is 99.9 cm³/mol. The highest BCUT2D eigenvalue weighted by Crippen LogP contribution is 2.29. The zero-order valence-electron chi connectivity index (χ0n) is 13.7. The fourth-order valence-corrected chi connectivity index (χ4v) is 4.11. The Morgan fingerprint density at radius 1 is 1.29 bits per heavy atom. The van der Waals surface area contributed by atoms with Crippen LogP contribution in [0.25, 0.3) is 10.2 Å². The van der Waals surface area contributed by atoms with Gasteiger partial charge in [-0.2, -0.15) is 0 Å². The molecule has 122 valence electrons. The Morgan fingerprint density at radius 2 is 2.12 bits per heavy atom. The number of carbonyl (C=O) groups excluding carboxylic acids is 1. The van der Waals surface area contributed by atoms with E-state index in [9.17, 15) is 4.79 Å². The molecule has 0 saturated carbocycles. The summed E-state index contributed by atoms with van der Waals surface area (Å²) in [4.78, 5) is 19.2. The van der Waals surface area contributed by atoms with Crippen molar-refractivity contribution in [2.75, 3.05) is 16.8 Å². The van der Waals surface area contributed by atoms with Crippen LogP contribution in [0.4, 0.5) is 11.4 Å². The average Bonchev–Trinajstić information content (AvgIpc) is 3.16. The van der Waals surface area contributed by atoms with Crippen LogP contribution in [0.3, 0.4) is 0 Å². The summed E-state index contributed by atoms with van der Waals surface area (Å²) in [6, 6.07) is 13.9. The van der Waals surface area contributed by atoms with E-state index in [1.165, 1.54) is 5.56 Å². The lowest BCUT2D eigenvalue weighted by Crippen LogP contribution is -2.40. The Morgan fingerprint density at radius 3 is 3.00 bits per heavy atom. The number of anilines is 2. The maximum absolute atomic E-state index is 12.8. The van der Waals surface area contributed by atoms with Crippen LogP contribution in [0.15, 0.2) is 42.5 Å². The molecule has 24 heavy (non-hydrogen) atoms. The zero-order chi connectivity index (χ0) is 16.7. The molecule has 1 N–H and O–H groups in total. The number of benzene rings is 2. The van der Waals surface area contributed by atoms with Gasteiger partial charge < -0.3 is 10.2 Å². The van der Waals surface area contributed by atoms with E-state index in [-0.39, 0.29) is 11.9 Å². The minimum atomic E-state index is -0.275. The van der Waals surface area contributed by atoms with Gasteiger partial charge >= 0.3 is 0 Å². The van der Waals surface area contributed by atoms with Crippen LogP contribution in [-0.4, -0.2) is 23.5 Å². The summed E-state index contributed by atoms with van der Waals surface area (Å²) in [7, 11) is 0. The molecule has 1 unspecified atom stereocenters. The van der Waals surface area contributed by atoms with Crippen molar-refractivity contribution < 1.29 is 4.79 Å². The molecule has 1 aliphatic rings. The zero-order valence-corrected chi connectivity index (χ0v) is 14.6. The minimum absolute atomic E-state index is 0.112. The third kappa shape index (κ3) is 2.65. The molecule has 5 heteroatoms. The van der Waals surface area contributed by atoms with Crippen LogP contribution in [-0.2, 0) is 11.2 Å². The first-order chi connectivity index (χ1) is 11.6. The topological polar surface area (TPSA) is 45.2 Å². The molecule has 3 aromatic rings. The van der Waals surface area contributed by atoms with Gasteiger partial charge in [-0.15, -0.1) is 11.3 Å². The van der Waals surface area contributed by atoms with Gasteiger partial charge in [-0.25, -0.2) is 4.98 Å². The second-order valence-electron chi connectivity index (χ2n) is 6.15. The van der Waals surface area contributed by atoms with Crippen molar-refractivity contribution in [2.45, 2.75) is 26.3 Å². The van der Waals surface area contributed by atoms with Crippen LogP contribution in [0, 0.1) is 6.92 Å². The summed E-state index contributed by atoms with van der Waals surface area (Å²) >= 11 is 1.67. The van der Waals surface area contributed by atoms with Crippen molar-refractivity contribution in [1.29, 1.82) is 0 Å². The van der Waals surface area contributed by atoms with E-state index in [0.29, 0.717) is 0 Å². The summed E-state index contributed by atoms with van der Waals surface area (Å²) in [5, 5.41) is 4.39. The van der Waals surface area contributed by atoms with Gasteiger partial charge in [-0.05, 0) is 50.1 Å². The molecule has 1 aliphatic heterocycles. The van der Waals surface area contributed by atoms with Crippen molar-refractivity contribution in [3.63, 3.8) is 0 Å². The van der Waals surface area contributed by atoms with Crippen LogP contribution < -0.4 is 10.2 Å². The smallest absolute Gasteiger partial charge is 0.249 e. The van der Waals surface area contributed by atoms with Crippen molar-refractivity contribution in [3.8, 4) is 0 Å². The first-order valence-corrected chi connectivity index (χ1v) is 8.96. The van der Waals surface area contributed by atoms with Gasteiger partial charge in [0.15, 0.2) is 0 Å². The number of aryl methyl sites for hydroxylation is 1. The Bertz CT molecular complexity index is 918. The van der Waals surface area contributed by atoms with Crippen LogP contribution in [0.5, 0.6) is 0 Å². The van der Waals surface area contributed by atoms with E-state index >= 15 is 0 Å². The first-order valence-electron chi connectivity index (χ1n) is 8.15. The third-order valence-corrected chi connectivity index (χ3v) is 5.34. The standard InChI is InChI=1S/C19H19N3OS/c1-12(19(23)22-10-9-14-5-3-4-6-17(14)22)20-15-7-8-16-18(11-15)24-13(2)21-16/h3-8,11-12,20H,9-10H2,1-2H3. The number of hydrogen-bond donors (Lipinski definition) is 1. The Labute approximate surface area is 145 Å². The van der Waals surface area contributed by atoms with E-state index in [1.807, 2.05) is 49.1 Å². The lowest BCUT2D eigenvalue weighted by molar-refractivity contribution is -0.118. The number of carbonyl (C=O) groups is 1. The predicted octanol–water partition coefficient (Wildman–Crippen LogP) is 3.99. The molecule has 0 bridgehead atoms. The fraction of sp³-hybridized carbons (Fsp3) is 0.263. The number of rotatable bonds is 3. The summed E-state index contributed by atoms with van der Waals surface area (Å²) < 4.78 is 1.14. The average molecular weight is 337 g/mol. The number of amides is 1. The Kier molecular flexibility index (Phi) is 3.73. The van der Waals surface area contributed by atoms with E-state index in [2.05, 4.69) is 22.4 Å². The van der Waals surface area contributed by atoms with Gasteiger partial charge in [-0.3, -0.25) is 4.79 Å². The normalized spacial score (nSPS) is 14.7. The van der Waals surface area contributed by atoms with Crippen molar-refractivity contribution >= 4 is 38.8 Å². The number of thiazole rings is 1. The van der Waals surface area contributed by atoms with Gasteiger partial charge in [0.05, 0.1) is 15.2 Å². The monoisotopic (exact) mass is 337 g/mol. The minimum Gasteiger partial charge on any atom is -0.374 e. The highest BCUT2D eigenvalue weighted by molar-refractivity contribution is 7.18. The molecule has 2 aromatic carbocycles. The highest BCUT2D eigenvalue weighted by Gasteiger charge is 2.27. The van der Waals surface area contributed by atoms with Crippen molar-refractivity contribution in [2.24, 2.45) is 0 Å². The molecule has 0 radical (unpaired) electrons. The molecule has 0 fully saturated rings. The number of aromatic nitrogens is 1. The molecule has 0 aliphatic carbocycles. The quantitative estimate of drug-likeness (QED) is 0.786. The lowest BCUT2D eigenvalue weighted by Gasteiger charge is -2.23. The molecule has 0 saturated heterocycles. The first kappa shape index (κ1) is 15.1. The van der Waals surface area contributed by atoms with Gasteiger partial charge in [-0.1, -0.05) is 18.2 Å². The number of nitrogens with zero attached hydrogens (tertiary/aromatic N) is 2. The molecule has 4 nitrogen and oxygen atoms in total. The molecule has 2 heterocycles. The fourth-order valence-electron chi connectivity index (χ4n) is 3.24. The maximum Gasteiger partial charge on any atom is 0.249 e. The molecular formula is C19H19N3OS. The van der Waals surface area contributed by atoms with Gasteiger partial charge in [0.2, 0.25) is 5.91 Å². The summed E-state index contributed by atoms with van der Waals surface area (Å²) in [5.74, 6) is 0.112. The highest BCUT2D eigenvalue weighted by atomic mass is 32.1. The maximum atomic E-state index is 12.8. The van der Waals surface area contributed by atoms with E-state index in [1.54, 1.807) is 11.3 Å². The lowest BCUT2D eigenvalue weighted by atomic mass is 10.2. The van der Waals surface area contributed by atoms with E-state index in [4.69, 9.17) is 0 Å². The van der Waals surface area contributed by atoms with Crippen molar-refractivity contribution in [1.82, 2.24) is 4.98 Å². The van der Waals surface area contributed by atoms with Crippen LogP contribution in [0.1, 0.15) is 17.5 Å². The molecular weight excluding hydrogens is 318 g/mol. The number of nitrogens with one attached hydrogen (secondary N) is 1. The van der Waals surface area contributed by atoms with Gasteiger partial charge in [0.25, 0.3) is 0 Å². The largest absolute Gasteiger partial charge is 0.374 e. The summed E-state index contributed by atoms with van der Waals surface area (Å²) in [6.45, 7) is 4.69. The van der Waals surface area contributed by atoms with E-state index < -0.39 is 0 Å². The summed E-state index contributed by atoms with van der Waals surface area (Å²) in [5.41, 5.74) is 4.26. The molecule has 4 rings (SSSR count). The molecule has 0 spiro atoms. The number of fused-ring (bicyclic) bond motifs is 2. The molecule has 1 atom stereocenters. The Hall–Kier alpha value is -2.40. The van der Waals surface area contributed by atoms with Gasteiger partial charge in [0.1, 0.15) is 6.04 Å². The van der Waals surface area contributed by atoms with Crippen LogP contribution in [0.2, 0.25) is 0 Å². The van der Waals surface area contributed by atoms with E-state index in [0.717, 1.165) is 39.6 Å². The summed E-state index contributed by atoms with van der Waals surface area (Å²) in [6.07, 6.45) is 0.931. The number of hydrogen-bond acceptors (Lipinski definition) is 4. The van der Waals surface area contributed by atoms with Crippen LogP contribution >= 0.6 is 11.3 Å². The Balaban J connectivity index is 1.53. The molecule has 1 amide bonds. The second-order valence-corrected chi connectivity index (χ2v) is 7.38. The van der Waals surface area contributed by atoms with Gasteiger partial charge in [0, 0.05) is 17.9 Å². The van der Waals surface area contributed by atoms with Crippen molar-refractivity contribution in [3.05, 3.63) is 53.0 Å². The molecule has 1 aromatic heterocycles. The third-order valence-electron chi connectivity index (χ3n) is 4.40.